The van der Waals surface area contributed by atoms with E-state index in [2.05, 4.69) is 5.10 Å². The molecular formula is C10H6Cl2FN3O2. The molecule has 0 bridgehead atoms. The van der Waals surface area contributed by atoms with E-state index in [4.69, 9.17) is 23.2 Å². The molecule has 0 N–H and O–H groups in total. The van der Waals surface area contributed by atoms with E-state index in [1.54, 1.807) is 6.07 Å². The van der Waals surface area contributed by atoms with Crippen LogP contribution in [0.15, 0.2) is 24.4 Å². The number of rotatable bonds is 3. The van der Waals surface area contributed by atoms with Gasteiger partial charge in [0.15, 0.2) is 5.02 Å². The van der Waals surface area contributed by atoms with Gasteiger partial charge in [-0.1, -0.05) is 35.3 Å². The van der Waals surface area contributed by atoms with Crippen LogP contribution in [0.5, 0.6) is 0 Å². The van der Waals surface area contributed by atoms with Gasteiger partial charge in [0.1, 0.15) is 5.82 Å². The van der Waals surface area contributed by atoms with Crippen LogP contribution in [-0.4, -0.2) is 14.7 Å². The van der Waals surface area contributed by atoms with Crippen LogP contribution in [0.1, 0.15) is 5.56 Å². The quantitative estimate of drug-likeness (QED) is 0.643. The number of hydrogen-bond acceptors (Lipinski definition) is 3. The fourth-order valence-electron chi connectivity index (χ4n) is 1.44. The topological polar surface area (TPSA) is 61.0 Å². The lowest BCUT2D eigenvalue weighted by Crippen LogP contribution is -2.02. The molecule has 0 aliphatic carbocycles. The molecule has 1 heterocycles. The predicted molar refractivity (Wildman–Crippen MR) is 64.4 cm³/mol. The molecule has 0 unspecified atom stereocenters. The molecule has 5 nitrogen and oxygen atoms in total. The third-order valence-electron chi connectivity index (χ3n) is 2.24. The normalized spacial score (nSPS) is 10.6. The van der Waals surface area contributed by atoms with Crippen molar-refractivity contribution < 1.29 is 9.31 Å². The molecule has 0 radical (unpaired) electrons. The Bertz CT molecular complexity index is 615. The van der Waals surface area contributed by atoms with Crippen molar-refractivity contribution in [3.05, 3.63) is 55.9 Å². The lowest BCUT2D eigenvalue weighted by Gasteiger charge is -2.02. The van der Waals surface area contributed by atoms with Gasteiger partial charge in [0, 0.05) is 0 Å². The van der Waals surface area contributed by atoms with Crippen molar-refractivity contribution in [1.29, 1.82) is 0 Å². The minimum Gasteiger partial charge on any atom is -0.358 e. The second-order valence-corrected chi connectivity index (χ2v) is 4.25. The minimum atomic E-state index is -0.688. The van der Waals surface area contributed by atoms with Crippen LogP contribution in [0.2, 0.25) is 10.0 Å². The summed E-state index contributed by atoms with van der Waals surface area (Å²) in [4.78, 5) is 9.88. The van der Waals surface area contributed by atoms with Crippen molar-refractivity contribution in [2.45, 2.75) is 6.54 Å². The van der Waals surface area contributed by atoms with Gasteiger partial charge in [-0.15, -0.1) is 0 Å². The van der Waals surface area contributed by atoms with Crippen LogP contribution in [0, 0.1) is 15.9 Å². The number of hydrogen-bond donors (Lipinski definition) is 0. The smallest absolute Gasteiger partial charge is 0.358 e. The molecule has 0 aliphatic rings. The van der Waals surface area contributed by atoms with Crippen LogP contribution in [0.3, 0.4) is 0 Å². The summed E-state index contributed by atoms with van der Waals surface area (Å²) in [5, 5.41) is 14.1. The van der Waals surface area contributed by atoms with Gasteiger partial charge in [0.2, 0.25) is 0 Å². The zero-order valence-corrected chi connectivity index (χ0v) is 10.3. The Balaban J connectivity index is 2.32. The molecule has 1 aromatic heterocycles. The zero-order valence-electron chi connectivity index (χ0n) is 8.81. The molecule has 18 heavy (non-hydrogen) atoms. The van der Waals surface area contributed by atoms with Gasteiger partial charge >= 0.3 is 5.82 Å². The summed E-state index contributed by atoms with van der Waals surface area (Å²) >= 11 is 11.4. The van der Waals surface area contributed by atoms with Crippen molar-refractivity contribution in [2.75, 3.05) is 0 Å². The van der Waals surface area contributed by atoms with Crippen LogP contribution in [0.25, 0.3) is 0 Å². The molecule has 94 valence electrons. The number of nitro groups is 1. The summed E-state index contributed by atoms with van der Waals surface area (Å²) in [5.41, 5.74) is 0.464. The van der Waals surface area contributed by atoms with E-state index >= 15 is 0 Å². The van der Waals surface area contributed by atoms with Gasteiger partial charge in [0.25, 0.3) is 0 Å². The molecule has 0 saturated heterocycles. The average Bonchev–Trinajstić information content (AvgIpc) is 2.66. The summed E-state index contributed by atoms with van der Waals surface area (Å²) < 4.78 is 14.4. The Morgan fingerprint density at radius 3 is 2.78 bits per heavy atom. The Morgan fingerprint density at radius 1 is 1.44 bits per heavy atom. The van der Waals surface area contributed by atoms with Gasteiger partial charge in [-0.05, 0) is 16.6 Å². The highest BCUT2D eigenvalue weighted by molar-refractivity contribution is 6.32. The van der Waals surface area contributed by atoms with Crippen molar-refractivity contribution >= 4 is 29.0 Å². The van der Waals surface area contributed by atoms with E-state index in [1.165, 1.54) is 23.0 Å². The van der Waals surface area contributed by atoms with Gasteiger partial charge < -0.3 is 10.1 Å². The van der Waals surface area contributed by atoms with Crippen LogP contribution < -0.4 is 0 Å². The first-order chi connectivity index (χ1) is 8.49. The first-order valence-electron chi connectivity index (χ1n) is 4.79. The SMILES string of the molecule is O=[N+]([O-])c1nn(Cc2cccc(F)c2Cl)cc1Cl. The van der Waals surface area contributed by atoms with Crippen LogP contribution in [0.4, 0.5) is 10.2 Å². The average molecular weight is 290 g/mol. The fourth-order valence-corrected chi connectivity index (χ4v) is 1.84. The lowest BCUT2D eigenvalue weighted by atomic mass is 10.2. The monoisotopic (exact) mass is 289 g/mol. The van der Waals surface area contributed by atoms with E-state index < -0.39 is 16.6 Å². The second-order valence-electron chi connectivity index (χ2n) is 3.47. The fraction of sp³-hybridized carbons (Fsp3) is 0.100. The van der Waals surface area contributed by atoms with Crippen molar-refractivity contribution in [1.82, 2.24) is 9.78 Å². The third kappa shape index (κ3) is 2.44. The summed E-state index contributed by atoms with van der Waals surface area (Å²) in [7, 11) is 0. The second kappa shape index (κ2) is 4.91. The van der Waals surface area contributed by atoms with Crippen molar-refractivity contribution in [3.8, 4) is 0 Å². The molecule has 0 fully saturated rings. The summed E-state index contributed by atoms with van der Waals surface area (Å²) in [5.74, 6) is -0.994. The van der Waals surface area contributed by atoms with Gasteiger partial charge in [-0.25, -0.2) is 4.39 Å². The summed E-state index contributed by atoms with van der Waals surface area (Å²) in [6.07, 6.45) is 1.29. The first kappa shape index (κ1) is 12.8. The van der Waals surface area contributed by atoms with Gasteiger partial charge in [-0.3, -0.25) is 0 Å². The molecule has 1 aromatic carbocycles. The molecule has 2 aromatic rings. The van der Waals surface area contributed by atoms with E-state index in [0.717, 1.165) is 0 Å². The standard InChI is InChI=1S/C10H6Cl2FN3O2/c11-7-5-15(14-10(7)16(17)18)4-6-2-1-3-8(13)9(6)12/h1-3,5H,4H2. The Hall–Kier alpha value is -1.66. The van der Waals surface area contributed by atoms with E-state index in [9.17, 15) is 14.5 Å². The molecule has 0 amide bonds. The highest BCUT2D eigenvalue weighted by atomic mass is 35.5. The van der Waals surface area contributed by atoms with E-state index in [1.807, 2.05) is 0 Å². The molecule has 0 atom stereocenters. The number of nitrogens with zero attached hydrogens (tertiary/aromatic N) is 3. The molecule has 0 spiro atoms. The predicted octanol–water partition coefficient (Wildman–Crippen LogP) is 3.29. The van der Waals surface area contributed by atoms with Crippen molar-refractivity contribution in [2.24, 2.45) is 0 Å². The number of halogens is 3. The summed E-state index contributed by atoms with van der Waals surface area (Å²) in [6.45, 7) is 0.101. The van der Waals surface area contributed by atoms with Crippen LogP contribution in [-0.2, 0) is 6.54 Å². The molecule has 2 rings (SSSR count). The highest BCUT2D eigenvalue weighted by Gasteiger charge is 2.19. The highest BCUT2D eigenvalue weighted by Crippen LogP contribution is 2.24. The maximum Gasteiger partial charge on any atom is 0.408 e. The maximum absolute atomic E-state index is 13.2. The Morgan fingerprint density at radius 2 is 2.17 bits per heavy atom. The Labute approximate surface area is 111 Å². The largest absolute Gasteiger partial charge is 0.408 e. The first-order valence-corrected chi connectivity index (χ1v) is 5.55. The molecule has 0 saturated carbocycles. The number of aromatic nitrogens is 2. The van der Waals surface area contributed by atoms with E-state index in [0.29, 0.717) is 5.56 Å². The van der Waals surface area contributed by atoms with Crippen LogP contribution >= 0.6 is 23.2 Å². The molecule has 0 aliphatic heterocycles. The zero-order chi connectivity index (χ0) is 13.3. The van der Waals surface area contributed by atoms with Gasteiger partial charge in [0.05, 0.1) is 22.9 Å². The summed E-state index contributed by atoms with van der Waals surface area (Å²) in [6, 6.07) is 4.33. The lowest BCUT2D eigenvalue weighted by molar-refractivity contribution is -0.389. The van der Waals surface area contributed by atoms with Gasteiger partial charge in [-0.2, -0.15) is 4.68 Å². The molecule has 8 heteroatoms. The molecular weight excluding hydrogens is 284 g/mol. The van der Waals surface area contributed by atoms with Crippen molar-refractivity contribution in [3.63, 3.8) is 0 Å². The van der Waals surface area contributed by atoms with E-state index in [-0.39, 0.29) is 16.6 Å². The maximum atomic E-state index is 13.2. The minimum absolute atomic E-state index is 0.0354. The third-order valence-corrected chi connectivity index (χ3v) is 2.93. The number of benzene rings is 1. The Kier molecular flexibility index (Phi) is 3.49.